The zero-order valence-electron chi connectivity index (χ0n) is 21.2. The quantitative estimate of drug-likeness (QED) is 0.330. The van der Waals surface area contributed by atoms with E-state index >= 15 is 0 Å². The van der Waals surface area contributed by atoms with Crippen molar-refractivity contribution < 1.29 is 32.3 Å². The maximum atomic E-state index is 12.6. The van der Waals surface area contributed by atoms with Gasteiger partial charge in [-0.25, -0.2) is 0 Å². The first kappa shape index (κ1) is 28.3. The lowest BCUT2D eigenvalue weighted by atomic mass is 10.2. The summed E-state index contributed by atoms with van der Waals surface area (Å²) in [5, 5.41) is 18.2. The molecule has 0 aliphatic carbocycles. The zero-order valence-corrected chi connectivity index (χ0v) is 21.2. The Hall–Kier alpha value is -4.76. The number of halogens is 3. The summed E-state index contributed by atoms with van der Waals surface area (Å²) in [6.45, 7) is 0.799. The Balaban J connectivity index is 1.19. The van der Waals surface area contributed by atoms with Gasteiger partial charge in [-0.3, -0.25) is 19.1 Å². The number of benzene rings is 1. The molecule has 3 N–H and O–H groups in total. The summed E-state index contributed by atoms with van der Waals surface area (Å²) >= 11 is 0. The van der Waals surface area contributed by atoms with Crippen LogP contribution in [0.1, 0.15) is 29.0 Å². The van der Waals surface area contributed by atoms with Crippen molar-refractivity contribution in [1.82, 2.24) is 30.1 Å². The Labute approximate surface area is 226 Å². The molecule has 212 valence electrons. The van der Waals surface area contributed by atoms with E-state index in [-0.39, 0.29) is 42.8 Å². The first-order valence-corrected chi connectivity index (χ1v) is 12.3. The van der Waals surface area contributed by atoms with Crippen LogP contribution >= 0.6 is 0 Å². The van der Waals surface area contributed by atoms with Crippen LogP contribution in [0, 0.1) is 0 Å². The zero-order chi connectivity index (χ0) is 28.7. The van der Waals surface area contributed by atoms with Crippen LogP contribution in [0.15, 0.2) is 42.6 Å². The lowest BCUT2D eigenvalue weighted by Crippen LogP contribution is -2.52. The van der Waals surface area contributed by atoms with Gasteiger partial charge in [-0.2, -0.15) is 5.10 Å². The Morgan fingerprint density at radius 3 is 2.58 bits per heavy atom. The van der Waals surface area contributed by atoms with Crippen molar-refractivity contribution in [3.8, 4) is 5.75 Å². The highest BCUT2D eigenvalue weighted by atomic mass is 19.4. The lowest BCUT2D eigenvalue weighted by Gasteiger charge is -2.35. The number of ether oxygens (including phenoxy) is 1. The molecule has 3 aromatic rings. The number of anilines is 2. The molecular weight excluding hydrogens is 535 g/mol. The molecule has 2 aromatic heterocycles. The number of hydrogen-bond acceptors (Lipinski definition) is 9. The van der Waals surface area contributed by atoms with Crippen LogP contribution in [0.2, 0.25) is 0 Å². The molecule has 0 spiro atoms. The number of carbonyl (C=O) groups is 3. The lowest BCUT2D eigenvalue weighted by molar-refractivity contribution is -0.274. The minimum Gasteiger partial charge on any atom is -0.406 e. The summed E-state index contributed by atoms with van der Waals surface area (Å²) in [5.74, 6) is -1.57. The van der Waals surface area contributed by atoms with Crippen molar-refractivity contribution in [2.75, 3.05) is 36.4 Å². The molecule has 13 nitrogen and oxygen atoms in total. The van der Waals surface area contributed by atoms with Crippen LogP contribution in [0.25, 0.3) is 0 Å². The number of unbranched alkanes of at least 4 members (excludes halogenated alkanes) is 1. The summed E-state index contributed by atoms with van der Waals surface area (Å²) in [7, 11) is 0. The Morgan fingerprint density at radius 1 is 1.07 bits per heavy atom. The van der Waals surface area contributed by atoms with Crippen LogP contribution in [-0.4, -0.2) is 80.4 Å². The van der Waals surface area contributed by atoms with E-state index in [4.69, 9.17) is 5.73 Å². The highest BCUT2D eigenvalue weighted by Gasteiger charge is 2.32. The van der Waals surface area contributed by atoms with Gasteiger partial charge in [0.15, 0.2) is 11.5 Å². The van der Waals surface area contributed by atoms with Gasteiger partial charge < -0.3 is 25.6 Å². The molecule has 1 aliphatic heterocycles. The molecule has 3 amide bonds. The van der Waals surface area contributed by atoms with E-state index in [1.807, 2.05) is 0 Å². The van der Waals surface area contributed by atoms with Gasteiger partial charge in [-0.1, -0.05) is 11.3 Å². The molecule has 1 fully saturated rings. The number of primary amides is 1. The number of rotatable bonds is 11. The second kappa shape index (κ2) is 12.4. The molecule has 1 aliphatic rings. The predicted molar refractivity (Wildman–Crippen MR) is 134 cm³/mol. The molecule has 4 rings (SSSR count). The third kappa shape index (κ3) is 8.12. The fourth-order valence-corrected chi connectivity index (χ4v) is 3.99. The van der Waals surface area contributed by atoms with E-state index in [0.29, 0.717) is 25.2 Å². The van der Waals surface area contributed by atoms with Gasteiger partial charge in [0.25, 0.3) is 5.91 Å². The number of carbonyl (C=O) groups excluding carboxylic acids is 3. The normalized spacial score (nSPS) is 13.8. The number of hydrogen-bond donors (Lipinski definition) is 2. The molecule has 0 radical (unpaired) electrons. The minimum atomic E-state index is -4.82. The SMILES string of the molecule is NC(=O)c1cn(CCCCc2ccc(NC(=O)CN3CCN(c4cccc(OC(F)(F)F)c4)CC3=O)nn2)nn1. The van der Waals surface area contributed by atoms with Crippen molar-refractivity contribution in [2.24, 2.45) is 5.73 Å². The van der Waals surface area contributed by atoms with Crippen molar-refractivity contribution in [3.05, 3.63) is 54.0 Å². The van der Waals surface area contributed by atoms with Gasteiger partial charge >= 0.3 is 6.36 Å². The summed E-state index contributed by atoms with van der Waals surface area (Å²) in [6, 6.07) is 8.74. The van der Waals surface area contributed by atoms with Gasteiger partial charge in [0.05, 0.1) is 18.4 Å². The van der Waals surface area contributed by atoms with Gasteiger partial charge in [-0.15, -0.1) is 23.4 Å². The van der Waals surface area contributed by atoms with Crippen LogP contribution < -0.4 is 20.7 Å². The topological polar surface area (TPSA) is 161 Å². The molecule has 40 heavy (non-hydrogen) atoms. The maximum absolute atomic E-state index is 12.6. The number of aryl methyl sites for hydroxylation is 2. The molecule has 0 saturated carbocycles. The monoisotopic (exact) mass is 561 g/mol. The van der Waals surface area contributed by atoms with Gasteiger partial charge in [0, 0.05) is 31.4 Å². The first-order chi connectivity index (χ1) is 19.1. The number of nitrogens with one attached hydrogen (secondary N) is 1. The number of piperazine rings is 1. The molecule has 16 heteroatoms. The van der Waals surface area contributed by atoms with Crippen LogP contribution in [0.5, 0.6) is 5.75 Å². The maximum Gasteiger partial charge on any atom is 0.573 e. The summed E-state index contributed by atoms with van der Waals surface area (Å²) in [6.07, 6.45) is -1.15. The number of amides is 3. The molecule has 0 bridgehead atoms. The van der Waals surface area contributed by atoms with Gasteiger partial charge in [0.1, 0.15) is 12.3 Å². The van der Waals surface area contributed by atoms with E-state index in [1.165, 1.54) is 29.3 Å². The Bertz CT molecular complexity index is 1350. The van der Waals surface area contributed by atoms with E-state index in [9.17, 15) is 27.6 Å². The van der Waals surface area contributed by atoms with Crippen LogP contribution in [0.3, 0.4) is 0 Å². The second-order valence-electron chi connectivity index (χ2n) is 8.93. The largest absolute Gasteiger partial charge is 0.573 e. The second-order valence-corrected chi connectivity index (χ2v) is 8.93. The molecule has 0 atom stereocenters. The van der Waals surface area contributed by atoms with Crippen molar-refractivity contribution in [1.29, 1.82) is 0 Å². The number of nitrogens with two attached hydrogens (primary N) is 1. The summed E-state index contributed by atoms with van der Waals surface area (Å²) in [4.78, 5) is 39.1. The minimum absolute atomic E-state index is 0.0968. The third-order valence-corrected chi connectivity index (χ3v) is 5.92. The number of aromatic nitrogens is 5. The molecule has 1 aromatic carbocycles. The highest BCUT2D eigenvalue weighted by molar-refractivity contribution is 5.94. The molecule has 0 unspecified atom stereocenters. The fourth-order valence-electron chi connectivity index (χ4n) is 3.99. The Kier molecular flexibility index (Phi) is 8.76. The smallest absolute Gasteiger partial charge is 0.406 e. The van der Waals surface area contributed by atoms with E-state index < -0.39 is 18.2 Å². The summed E-state index contributed by atoms with van der Waals surface area (Å²) < 4.78 is 43.0. The van der Waals surface area contributed by atoms with E-state index in [2.05, 4.69) is 30.6 Å². The first-order valence-electron chi connectivity index (χ1n) is 12.3. The number of alkyl halides is 3. The van der Waals surface area contributed by atoms with Gasteiger partial charge in [0.2, 0.25) is 11.8 Å². The van der Waals surface area contributed by atoms with Crippen molar-refractivity contribution in [2.45, 2.75) is 32.2 Å². The van der Waals surface area contributed by atoms with E-state index in [1.54, 1.807) is 27.8 Å². The van der Waals surface area contributed by atoms with Crippen LogP contribution in [0.4, 0.5) is 24.7 Å². The molecular formula is C24H26F3N9O4. The van der Waals surface area contributed by atoms with Crippen molar-refractivity contribution in [3.63, 3.8) is 0 Å². The van der Waals surface area contributed by atoms with Crippen molar-refractivity contribution >= 4 is 29.2 Å². The Morgan fingerprint density at radius 2 is 1.90 bits per heavy atom. The standard InChI is InChI=1S/C24H26F3N9O4/c25-24(26,27)40-18-6-3-5-17(12-18)34-10-11-35(22(38)15-34)14-21(37)29-20-8-7-16(30-32-20)4-1-2-9-36-13-19(23(28)39)31-33-36/h3,5-8,12-13H,1-2,4,9-11,14-15H2,(H2,28,39)(H,29,32,37). The van der Waals surface area contributed by atoms with Crippen LogP contribution in [-0.2, 0) is 22.6 Å². The summed E-state index contributed by atoms with van der Waals surface area (Å²) in [5.41, 5.74) is 6.40. The predicted octanol–water partition coefficient (Wildman–Crippen LogP) is 1.38. The average Bonchev–Trinajstić information content (AvgIpc) is 3.37. The van der Waals surface area contributed by atoms with Gasteiger partial charge in [-0.05, 0) is 43.5 Å². The molecule has 3 heterocycles. The third-order valence-electron chi connectivity index (χ3n) is 5.92. The highest BCUT2D eigenvalue weighted by Crippen LogP contribution is 2.27. The fraction of sp³-hybridized carbons (Fsp3) is 0.375. The number of nitrogens with zero attached hydrogens (tertiary/aromatic N) is 7. The average molecular weight is 562 g/mol. The van der Waals surface area contributed by atoms with E-state index in [0.717, 1.165) is 18.5 Å². The molecule has 1 saturated heterocycles.